The zero-order valence-corrected chi connectivity index (χ0v) is 17.5. The number of methoxy groups -OCH3 is 1. The van der Waals surface area contributed by atoms with E-state index in [0.717, 1.165) is 18.5 Å². The second-order valence-electron chi connectivity index (χ2n) is 7.75. The molecule has 0 aliphatic carbocycles. The molecule has 2 aromatic heterocycles. The Morgan fingerprint density at radius 3 is 2.84 bits per heavy atom. The first kappa shape index (κ1) is 21.0. The Kier molecular flexibility index (Phi) is 6.03. The van der Waals surface area contributed by atoms with Gasteiger partial charge in [0.05, 0.1) is 25.3 Å². The number of hydrogen-bond donors (Lipinski definition) is 2. The van der Waals surface area contributed by atoms with Gasteiger partial charge in [-0.2, -0.15) is 0 Å². The summed E-state index contributed by atoms with van der Waals surface area (Å²) >= 11 is 0. The molecule has 1 aromatic carbocycles. The normalized spacial score (nSPS) is 15.7. The molecule has 1 saturated heterocycles. The molecule has 0 bridgehead atoms. The molecule has 3 heterocycles. The predicted octanol–water partition coefficient (Wildman–Crippen LogP) is 2.48. The van der Waals surface area contributed by atoms with Gasteiger partial charge in [0.1, 0.15) is 0 Å². The third kappa shape index (κ3) is 4.61. The molecule has 1 fully saturated rings. The van der Waals surface area contributed by atoms with Crippen LogP contribution in [0.1, 0.15) is 48.7 Å². The number of H-pyrrole nitrogens is 1. The van der Waals surface area contributed by atoms with E-state index in [9.17, 15) is 14.0 Å². The van der Waals surface area contributed by atoms with Crippen LogP contribution in [0, 0.1) is 5.82 Å². The van der Waals surface area contributed by atoms with Crippen LogP contribution < -0.4 is 15.6 Å². The summed E-state index contributed by atoms with van der Waals surface area (Å²) in [6.07, 6.45) is 1.80. The first-order valence-corrected chi connectivity index (χ1v) is 10.3. The maximum atomic E-state index is 13.8. The largest absolute Gasteiger partial charge is 0.494 e. The van der Waals surface area contributed by atoms with E-state index in [1.54, 1.807) is 13.0 Å². The molecular formula is C22H25FN4O4. The fourth-order valence-corrected chi connectivity index (χ4v) is 3.84. The van der Waals surface area contributed by atoms with Gasteiger partial charge in [-0.3, -0.25) is 14.7 Å². The average Bonchev–Trinajstić information content (AvgIpc) is 3.19. The average molecular weight is 428 g/mol. The van der Waals surface area contributed by atoms with Crippen LogP contribution in [0.25, 0.3) is 5.65 Å². The maximum Gasteiger partial charge on any atom is 0.272 e. The van der Waals surface area contributed by atoms with Crippen molar-refractivity contribution in [2.75, 3.05) is 20.3 Å². The Morgan fingerprint density at radius 1 is 1.35 bits per heavy atom. The predicted molar refractivity (Wildman–Crippen MR) is 112 cm³/mol. The van der Waals surface area contributed by atoms with Gasteiger partial charge in [0.15, 0.2) is 17.2 Å². The minimum atomic E-state index is -0.520. The summed E-state index contributed by atoms with van der Waals surface area (Å²) < 4.78 is 25.6. The van der Waals surface area contributed by atoms with E-state index in [-0.39, 0.29) is 23.6 Å². The number of carbonyl (C=O) groups excluding carboxylic acids is 1. The number of halogens is 1. The first-order chi connectivity index (χ1) is 14.9. The smallest absolute Gasteiger partial charge is 0.272 e. The van der Waals surface area contributed by atoms with E-state index in [4.69, 9.17) is 9.47 Å². The van der Waals surface area contributed by atoms with E-state index in [1.165, 1.54) is 29.8 Å². The minimum absolute atomic E-state index is 0.00450. The fourth-order valence-electron chi connectivity index (χ4n) is 3.84. The molecule has 8 nitrogen and oxygen atoms in total. The molecule has 2 N–H and O–H groups in total. The van der Waals surface area contributed by atoms with Crippen molar-refractivity contribution in [1.29, 1.82) is 0 Å². The SMILES string of the molecule is COc1ccc(CC(=O)N[C@@H](C)c2cc(=O)n3[nH]c(C4CCOCC4)cc3n2)cc1F. The number of aromatic amines is 1. The van der Waals surface area contributed by atoms with Crippen LogP contribution >= 0.6 is 0 Å². The van der Waals surface area contributed by atoms with Gasteiger partial charge in [0.25, 0.3) is 5.56 Å². The maximum absolute atomic E-state index is 13.8. The van der Waals surface area contributed by atoms with Crippen molar-refractivity contribution < 1.29 is 18.7 Å². The number of carbonyl (C=O) groups is 1. The number of benzene rings is 1. The van der Waals surface area contributed by atoms with E-state index in [1.807, 2.05) is 6.07 Å². The van der Waals surface area contributed by atoms with Gasteiger partial charge in [-0.15, -0.1) is 0 Å². The van der Waals surface area contributed by atoms with Crippen LogP contribution in [0.2, 0.25) is 0 Å². The number of fused-ring (bicyclic) bond motifs is 1. The fraction of sp³-hybridized carbons (Fsp3) is 0.409. The van der Waals surface area contributed by atoms with Gasteiger partial charge in [-0.05, 0) is 37.5 Å². The second-order valence-corrected chi connectivity index (χ2v) is 7.75. The van der Waals surface area contributed by atoms with Crippen LogP contribution in [0.15, 0.2) is 35.1 Å². The molecule has 164 valence electrons. The molecule has 0 saturated carbocycles. The van der Waals surface area contributed by atoms with Gasteiger partial charge in [0.2, 0.25) is 5.91 Å². The summed E-state index contributed by atoms with van der Waals surface area (Å²) in [4.78, 5) is 29.6. The van der Waals surface area contributed by atoms with Crippen LogP contribution in [-0.4, -0.2) is 40.8 Å². The quantitative estimate of drug-likeness (QED) is 0.629. The zero-order chi connectivity index (χ0) is 22.0. The Hall–Kier alpha value is -3.20. The third-order valence-corrected chi connectivity index (χ3v) is 5.55. The van der Waals surface area contributed by atoms with E-state index >= 15 is 0 Å². The summed E-state index contributed by atoms with van der Waals surface area (Å²) in [5.41, 5.74) is 2.23. The van der Waals surface area contributed by atoms with Gasteiger partial charge in [0, 0.05) is 37.0 Å². The second kappa shape index (κ2) is 8.89. The highest BCUT2D eigenvalue weighted by molar-refractivity contribution is 5.79. The van der Waals surface area contributed by atoms with Gasteiger partial charge in [-0.1, -0.05) is 6.07 Å². The van der Waals surface area contributed by atoms with E-state index in [0.29, 0.717) is 36.0 Å². The number of aromatic nitrogens is 3. The number of ether oxygens (including phenoxy) is 2. The van der Waals surface area contributed by atoms with E-state index < -0.39 is 11.9 Å². The van der Waals surface area contributed by atoms with Crippen LogP contribution in [-0.2, 0) is 16.0 Å². The van der Waals surface area contributed by atoms with Crippen LogP contribution in [0.4, 0.5) is 4.39 Å². The molecule has 3 aromatic rings. The third-order valence-electron chi connectivity index (χ3n) is 5.55. The Bertz CT molecular complexity index is 1150. The van der Waals surface area contributed by atoms with Crippen molar-refractivity contribution >= 4 is 11.6 Å². The molecule has 0 spiro atoms. The van der Waals surface area contributed by atoms with Gasteiger partial charge >= 0.3 is 0 Å². The molecule has 0 unspecified atom stereocenters. The number of hydrogen-bond acceptors (Lipinski definition) is 5. The molecule has 9 heteroatoms. The summed E-state index contributed by atoms with van der Waals surface area (Å²) in [5, 5.41) is 5.97. The Labute approximate surface area is 178 Å². The number of nitrogens with one attached hydrogen (secondary N) is 2. The molecule has 1 atom stereocenters. The molecule has 31 heavy (non-hydrogen) atoms. The van der Waals surface area contributed by atoms with Crippen molar-refractivity contribution in [1.82, 2.24) is 19.9 Å². The Morgan fingerprint density at radius 2 is 2.13 bits per heavy atom. The lowest BCUT2D eigenvalue weighted by molar-refractivity contribution is -0.121. The minimum Gasteiger partial charge on any atom is -0.494 e. The van der Waals surface area contributed by atoms with Crippen molar-refractivity contribution in [2.45, 2.75) is 38.1 Å². The summed E-state index contributed by atoms with van der Waals surface area (Å²) in [7, 11) is 1.38. The zero-order valence-electron chi connectivity index (χ0n) is 17.5. The number of amides is 1. The Balaban J connectivity index is 1.48. The summed E-state index contributed by atoms with van der Waals surface area (Å²) in [5.74, 6) is -0.382. The molecule has 1 amide bonds. The molecular weight excluding hydrogens is 403 g/mol. The van der Waals surface area contributed by atoms with Gasteiger partial charge < -0.3 is 14.8 Å². The lowest BCUT2D eigenvalue weighted by Gasteiger charge is -2.20. The van der Waals surface area contributed by atoms with Crippen molar-refractivity contribution in [3.05, 3.63) is 63.5 Å². The van der Waals surface area contributed by atoms with Crippen LogP contribution in [0.3, 0.4) is 0 Å². The highest BCUT2D eigenvalue weighted by Gasteiger charge is 2.20. The monoisotopic (exact) mass is 428 g/mol. The molecule has 1 aliphatic rings. The highest BCUT2D eigenvalue weighted by Crippen LogP contribution is 2.26. The highest BCUT2D eigenvalue weighted by atomic mass is 19.1. The van der Waals surface area contributed by atoms with Crippen molar-refractivity contribution in [3.63, 3.8) is 0 Å². The number of nitrogens with zero attached hydrogens (tertiary/aromatic N) is 2. The lowest BCUT2D eigenvalue weighted by Crippen LogP contribution is -2.30. The van der Waals surface area contributed by atoms with Crippen molar-refractivity contribution in [3.8, 4) is 5.75 Å². The summed E-state index contributed by atoms with van der Waals surface area (Å²) in [6.45, 7) is 3.17. The topological polar surface area (TPSA) is 97.7 Å². The van der Waals surface area contributed by atoms with Gasteiger partial charge in [-0.25, -0.2) is 13.9 Å². The standard InChI is InChI=1S/C22H25FN4O4/c1-13(24-21(28)10-14-3-4-19(30-2)16(23)9-14)17-12-22(29)27-20(25-17)11-18(26-27)15-5-7-31-8-6-15/h3-4,9,11-13,15,26H,5-8,10H2,1-2H3,(H,24,28)/t13-/m0/s1. The molecule has 4 rings (SSSR count). The lowest BCUT2D eigenvalue weighted by atomic mass is 9.97. The van der Waals surface area contributed by atoms with Crippen molar-refractivity contribution in [2.24, 2.45) is 0 Å². The first-order valence-electron chi connectivity index (χ1n) is 10.3. The van der Waals surface area contributed by atoms with Crippen LogP contribution in [0.5, 0.6) is 5.75 Å². The van der Waals surface area contributed by atoms with E-state index in [2.05, 4.69) is 15.4 Å². The molecule has 1 aliphatic heterocycles. The summed E-state index contributed by atoms with van der Waals surface area (Å²) in [6, 6.07) is 7.22. The number of rotatable bonds is 6. The molecule has 0 radical (unpaired) electrons.